The standard InChI is InChI=1S/C26H25ClF2N6O/c1-3-20-23(26-31-10-8-22(34-26)33-21-7-9-30-14-32-21)24(27)25(15-5-6-15)35(20)13-17-18(28)11-16(36-4-2)12-19(17)29/h7-12,14-15H,3-6,13H2,1-2H3,(H,30,31,32,33,34). The molecule has 0 amide bonds. The third-order valence-corrected chi connectivity index (χ3v) is 6.49. The molecular formula is C26H25ClF2N6O. The Hall–Kier alpha value is -3.59. The summed E-state index contributed by atoms with van der Waals surface area (Å²) in [6.07, 6.45) is 7.23. The molecule has 1 aliphatic carbocycles. The Morgan fingerprint density at radius 2 is 1.83 bits per heavy atom. The van der Waals surface area contributed by atoms with Crippen molar-refractivity contribution in [1.82, 2.24) is 24.5 Å². The van der Waals surface area contributed by atoms with Crippen molar-refractivity contribution in [2.75, 3.05) is 11.9 Å². The molecule has 0 aliphatic heterocycles. The minimum absolute atomic E-state index is 0.0116. The molecule has 0 bridgehead atoms. The second kappa shape index (κ2) is 10.2. The topological polar surface area (TPSA) is 77.8 Å². The Morgan fingerprint density at radius 1 is 1.08 bits per heavy atom. The third-order valence-electron chi connectivity index (χ3n) is 6.11. The van der Waals surface area contributed by atoms with Gasteiger partial charge >= 0.3 is 0 Å². The minimum Gasteiger partial charge on any atom is -0.494 e. The molecule has 10 heteroatoms. The number of anilines is 2. The molecule has 1 aromatic carbocycles. The Balaban J connectivity index is 1.57. The molecule has 3 aromatic heterocycles. The number of ether oxygens (including phenoxy) is 1. The van der Waals surface area contributed by atoms with Crippen LogP contribution in [0.25, 0.3) is 11.4 Å². The van der Waals surface area contributed by atoms with Gasteiger partial charge in [0.15, 0.2) is 5.82 Å². The number of benzene rings is 1. The second-order valence-electron chi connectivity index (χ2n) is 8.52. The van der Waals surface area contributed by atoms with E-state index in [1.165, 1.54) is 18.5 Å². The van der Waals surface area contributed by atoms with Crippen LogP contribution in [0.15, 0.2) is 43.0 Å². The molecule has 0 saturated heterocycles. The molecule has 0 radical (unpaired) electrons. The number of hydrogen-bond acceptors (Lipinski definition) is 6. The van der Waals surface area contributed by atoms with Crippen LogP contribution < -0.4 is 10.1 Å². The summed E-state index contributed by atoms with van der Waals surface area (Å²) in [6, 6.07) is 5.91. The Kier molecular flexibility index (Phi) is 6.82. The summed E-state index contributed by atoms with van der Waals surface area (Å²) < 4.78 is 37.2. The zero-order valence-electron chi connectivity index (χ0n) is 19.9. The van der Waals surface area contributed by atoms with E-state index in [4.69, 9.17) is 16.3 Å². The smallest absolute Gasteiger partial charge is 0.164 e. The first-order valence-electron chi connectivity index (χ1n) is 11.9. The fraction of sp³-hybridized carbons (Fsp3) is 0.308. The first kappa shape index (κ1) is 24.1. The van der Waals surface area contributed by atoms with Crippen molar-refractivity contribution in [3.8, 4) is 17.1 Å². The molecule has 1 N–H and O–H groups in total. The van der Waals surface area contributed by atoms with Gasteiger partial charge in [-0.3, -0.25) is 0 Å². The van der Waals surface area contributed by atoms with Gasteiger partial charge in [0.2, 0.25) is 0 Å². The summed E-state index contributed by atoms with van der Waals surface area (Å²) in [7, 11) is 0. The number of hydrogen-bond donors (Lipinski definition) is 1. The van der Waals surface area contributed by atoms with E-state index in [-0.39, 0.29) is 23.8 Å². The summed E-state index contributed by atoms with van der Waals surface area (Å²) in [5.74, 6) is 0.663. The molecule has 1 saturated carbocycles. The van der Waals surface area contributed by atoms with Gasteiger partial charge in [0.1, 0.15) is 35.3 Å². The van der Waals surface area contributed by atoms with Crippen molar-refractivity contribution in [3.05, 3.63) is 76.6 Å². The highest BCUT2D eigenvalue weighted by molar-refractivity contribution is 6.34. The maximum atomic E-state index is 15.0. The van der Waals surface area contributed by atoms with Gasteiger partial charge in [0.25, 0.3) is 0 Å². The number of nitrogens with zero attached hydrogens (tertiary/aromatic N) is 5. The van der Waals surface area contributed by atoms with Crippen molar-refractivity contribution in [2.24, 2.45) is 0 Å². The molecule has 4 aromatic rings. The van der Waals surface area contributed by atoms with Gasteiger partial charge in [-0.25, -0.2) is 28.7 Å². The summed E-state index contributed by atoms with van der Waals surface area (Å²) in [5.41, 5.74) is 2.34. The highest BCUT2D eigenvalue weighted by Crippen LogP contribution is 2.48. The highest BCUT2D eigenvalue weighted by atomic mass is 35.5. The number of halogens is 3. The third kappa shape index (κ3) is 4.75. The van der Waals surface area contributed by atoms with Crippen LogP contribution in [0, 0.1) is 11.6 Å². The predicted molar refractivity (Wildman–Crippen MR) is 134 cm³/mol. The lowest BCUT2D eigenvalue weighted by Gasteiger charge is -2.15. The lowest BCUT2D eigenvalue weighted by atomic mass is 10.1. The molecule has 7 nitrogen and oxygen atoms in total. The summed E-state index contributed by atoms with van der Waals surface area (Å²) >= 11 is 6.96. The van der Waals surface area contributed by atoms with Crippen LogP contribution in [0.4, 0.5) is 20.4 Å². The SMILES string of the molecule is CCOc1cc(F)c(Cn2c(CC)c(-c3nccc(Nc4ccncn4)n3)c(Cl)c2C2CC2)c(F)c1. The van der Waals surface area contributed by atoms with Crippen molar-refractivity contribution < 1.29 is 13.5 Å². The van der Waals surface area contributed by atoms with Crippen LogP contribution in [0.5, 0.6) is 5.75 Å². The Morgan fingerprint density at radius 3 is 2.47 bits per heavy atom. The van der Waals surface area contributed by atoms with E-state index in [1.807, 2.05) is 11.5 Å². The maximum Gasteiger partial charge on any atom is 0.164 e. The van der Waals surface area contributed by atoms with Gasteiger partial charge < -0.3 is 14.6 Å². The zero-order chi connectivity index (χ0) is 25.2. The summed E-state index contributed by atoms with van der Waals surface area (Å²) in [5, 5.41) is 3.66. The summed E-state index contributed by atoms with van der Waals surface area (Å²) in [4.78, 5) is 17.2. The monoisotopic (exact) mass is 510 g/mol. The fourth-order valence-corrected chi connectivity index (χ4v) is 4.82. The molecule has 0 atom stereocenters. The maximum absolute atomic E-state index is 15.0. The summed E-state index contributed by atoms with van der Waals surface area (Å²) in [6.45, 7) is 4.09. The Labute approximate surface area is 212 Å². The molecule has 1 aliphatic rings. The van der Waals surface area contributed by atoms with Crippen molar-refractivity contribution in [1.29, 1.82) is 0 Å². The molecule has 0 unspecified atom stereocenters. The first-order valence-corrected chi connectivity index (χ1v) is 12.3. The van der Waals surface area contributed by atoms with Crippen LogP contribution in [0.3, 0.4) is 0 Å². The first-order chi connectivity index (χ1) is 17.5. The van der Waals surface area contributed by atoms with Gasteiger partial charge in [0.05, 0.1) is 23.7 Å². The molecule has 1 fully saturated rings. The quantitative estimate of drug-likeness (QED) is 0.285. The van der Waals surface area contributed by atoms with E-state index in [2.05, 4.69) is 25.3 Å². The highest BCUT2D eigenvalue weighted by Gasteiger charge is 2.34. The average molecular weight is 511 g/mol. The van der Waals surface area contributed by atoms with E-state index in [0.717, 1.165) is 24.2 Å². The Bertz CT molecular complexity index is 1370. The number of aromatic nitrogens is 5. The lowest BCUT2D eigenvalue weighted by Crippen LogP contribution is -2.11. The van der Waals surface area contributed by atoms with E-state index in [1.54, 1.807) is 31.5 Å². The van der Waals surface area contributed by atoms with Gasteiger partial charge in [-0.15, -0.1) is 0 Å². The van der Waals surface area contributed by atoms with Gasteiger partial charge in [0, 0.05) is 47.4 Å². The van der Waals surface area contributed by atoms with E-state index >= 15 is 0 Å². The molecule has 3 heterocycles. The fourth-order valence-electron chi connectivity index (χ4n) is 4.37. The van der Waals surface area contributed by atoms with E-state index < -0.39 is 11.6 Å². The van der Waals surface area contributed by atoms with Crippen LogP contribution in [-0.4, -0.2) is 31.1 Å². The van der Waals surface area contributed by atoms with Crippen LogP contribution in [0.1, 0.15) is 49.6 Å². The van der Waals surface area contributed by atoms with Crippen LogP contribution in [0.2, 0.25) is 5.02 Å². The normalized spacial score (nSPS) is 13.1. The molecule has 0 spiro atoms. The number of rotatable bonds is 9. The zero-order valence-corrected chi connectivity index (χ0v) is 20.7. The van der Waals surface area contributed by atoms with Crippen LogP contribution >= 0.6 is 11.6 Å². The van der Waals surface area contributed by atoms with Crippen LogP contribution in [-0.2, 0) is 13.0 Å². The van der Waals surface area contributed by atoms with Crippen molar-refractivity contribution >= 4 is 23.2 Å². The lowest BCUT2D eigenvalue weighted by molar-refractivity contribution is 0.335. The molecule has 5 rings (SSSR count). The van der Waals surface area contributed by atoms with Crippen molar-refractivity contribution in [2.45, 2.75) is 45.6 Å². The largest absolute Gasteiger partial charge is 0.494 e. The minimum atomic E-state index is -0.652. The molecule has 186 valence electrons. The van der Waals surface area contributed by atoms with E-state index in [9.17, 15) is 8.78 Å². The van der Waals surface area contributed by atoms with E-state index in [0.29, 0.717) is 41.1 Å². The second-order valence-corrected chi connectivity index (χ2v) is 8.90. The molecular weight excluding hydrogens is 486 g/mol. The van der Waals surface area contributed by atoms with Gasteiger partial charge in [-0.05, 0) is 38.3 Å². The molecule has 36 heavy (non-hydrogen) atoms. The number of nitrogens with one attached hydrogen (secondary N) is 1. The average Bonchev–Trinajstić information content (AvgIpc) is 3.66. The van der Waals surface area contributed by atoms with Crippen molar-refractivity contribution in [3.63, 3.8) is 0 Å². The predicted octanol–water partition coefficient (Wildman–Crippen LogP) is 6.30. The van der Waals surface area contributed by atoms with Gasteiger partial charge in [-0.2, -0.15) is 0 Å². The van der Waals surface area contributed by atoms with Gasteiger partial charge in [-0.1, -0.05) is 18.5 Å².